The minimum absolute atomic E-state index is 0.389. The number of anilines is 1. The van der Waals surface area contributed by atoms with Gasteiger partial charge in [0, 0.05) is 21.0 Å². The van der Waals surface area contributed by atoms with Crippen molar-refractivity contribution in [3.8, 4) is 27.3 Å². The molecule has 6 nitrogen and oxygen atoms in total. The number of carboxylic acids is 1. The molecule has 1 heterocycles. The summed E-state index contributed by atoms with van der Waals surface area (Å²) >= 11 is 1.69. The maximum absolute atomic E-state index is 11.9. The Morgan fingerprint density at radius 3 is 2.12 bits per heavy atom. The van der Waals surface area contributed by atoms with Gasteiger partial charge in [-0.3, -0.25) is 9.59 Å². The van der Waals surface area contributed by atoms with Crippen LogP contribution in [0.5, 0.6) is 5.75 Å². The molecule has 0 aliphatic heterocycles. The van der Waals surface area contributed by atoms with Gasteiger partial charge < -0.3 is 20.3 Å². The fourth-order valence-electron chi connectivity index (χ4n) is 3.42. The third-order valence-electron chi connectivity index (χ3n) is 5.08. The van der Waals surface area contributed by atoms with Crippen LogP contribution >= 0.6 is 11.3 Å². The van der Waals surface area contributed by atoms with E-state index in [9.17, 15) is 14.7 Å². The van der Waals surface area contributed by atoms with E-state index >= 15 is 0 Å². The highest BCUT2D eigenvalue weighted by atomic mass is 32.1. The number of amides is 1. The molecule has 0 saturated heterocycles. The average molecular weight is 474 g/mol. The Balaban J connectivity index is 1.45. The molecule has 1 aromatic heterocycles. The van der Waals surface area contributed by atoms with Gasteiger partial charge in [0.15, 0.2) is 0 Å². The number of carboxylic acid groups (broad SMARTS) is 1. The lowest BCUT2D eigenvalue weighted by Gasteiger charge is -2.10. The SMILES string of the molecule is O=C(O)C[C@H](O)C(=O)Nc1ccc(OCc2cc(-c3ccccc3)c(-c3ccccc3)s2)cc1. The molecule has 3 N–H and O–H groups in total. The maximum atomic E-state index is 11.9. The zero-order chi connectivity index (χ0) is 23.9. The predicted octanol–water partition coefficient (Wildman–Crippen LogP) is 5.44. The van der Waals surface area contributed by atoms with Gasteiger partial charge in [-0.1, -0.05) is 60.7 Å². The summed E-state index contributed by atoms with van der Waals surface area (Å²) in [5.41, 5.74) is 3.90. The first-order valence-electron chi connectivity index (χ1n) is 10.7. The Morgan fingerprint density at radius 2 is 1.50 bits per heavy atom. The number of rotatable bonds is 9. The average Bonchev–Trinajstić information content (AvgIpc) is 3.29. The number of thiophene rings is 1. The summed E-state index contributed by atoms with van der Waals surface area (Å²) in [4.78, 5) is 24.7. The number of carbonyl (C=O) groups excluding carboxylic acids is 1. The first-order valence-corrected chi connectivity index (χ1v) is 11.5. The number of hydrogen-bond donors (Lipinski definition) is 3. The fourth-order valence-corrected chi connectivity index (χ4v) is 4.52. The van der Waals surface area contributed by atoms with E-state index in [0.29, 0.717) is 18.0 Å². The second-order valence-corrected chi connectivity index (χ2v) is 8.74. The van der Waals surface area contributed by atoms with E-state index < -0.39 is 24.4 Å². The zero-order valence-electron chi connectivity index (χ0n) is 18.2. The van der Waals surface area contributed by atoms with Crippen molar-refractivity contribution < 1.29 is 24.5 Å². The normalized spacial score (nSPS) is 11.6. The van der Waals surface area contributed by atoms with E-state index in [1.54, 1.807) is 35.6 Å². The van der Waals surface area contributed by atoms with Crippen molar-refractivity contribution in [1.82, 2.24) is 0 Å². The third-order valence-corrected chi connectivity index (χ3v) is 6.24. The van der Waals surface area contributed by atoms with Crippen LogP contribution in [0.2, 0.25) is 0 Å². The molecule has 3 aromatic carbocycles. The standard InChI is InChI=1S/C27H23NO5S/c29-24(16-25(30)31)27(32)28-20-11-13-21(14-12-20)33-17-22-15-23(18-7-3-1-4-8-18)26(34-22)19-9-5-2-6-10-19/h1-15,24,29H,16-17H2,(H,28,32)(H,30,31)/t24-/m0/s1. The summed E-state index contributed by atoms with van der Waals surface area (Å²) in [6, 6.07) is 29.4. The van der Waals surface area contributed by atoms with E-state index in [4.69, 9.17) is 9.84 Å². The molecular formula is C27H23NO5S. The molecule has 0 bridgehead atoms. The summed E-state index contributed by atoms with van der Waals surface area (Å²) in [7, 11) is 0. The summed E-state index contributed by atoms with van der Waals surface area (Å²) < 4.78 is 5.96. The largest absolute Gasteiger partial charge is 0.488 e. The lowest BCUT2D eigenvalue weighted by atomic mass is 10.0. The number of benzene rings is 3. The Labute approximate surface area is 201 Å². The molecule has 0 saturated carbocycles. The van der Waals surface area contributed by atoms with Crippen molar-refractivity contribution in [2.24, 2.45) is 0 Å². The molecule has 7 heteroatoms. The molecule has 0 unspecified atom stereocenters. The lowest BCUT2D eigenvalue weighted by Crippen LogP contribution is -2.29. The van der Waals surface area contributed by atoms with E-state index in [1.165, 1.54) is 4.88 Å². The van der Waals surface area contributed by atoms with Gasteiger partial charge in [-0.2, -0.15) is 0 Å². The number of aliphatic carboxylic acids is 1. The highest BCUT2D eigenvalue weighted by molar-refractivity contribution is 7.16. The molecule has 0 spiro atoms. The minimum atomic E-state index is -1.61. The number of ether oxygens (including phenoxy) is 1. The van der Waals surface area contributed by atoms with Crippen LogP contribution in [0.4, 0.5) is 5.69 Å². The molecule has 1 atom stereocenters. The van der Waals surface area contributed by atoms with Crippen molar-refractivity contribution in [2.75, 3.05) is 5.32 Å². The highest BCUT2D eigenvalue weighted by Crippen LogP contribution is 2.39. The van der Waals surface area contributed by atoms with Crippen LogP contribution in [0.15, 0.2) is 91.0 Å². The topological polar surface area (TPSA) is 95.9 Å². The van der Waals surface area contributed by atoms with Crippen molar-refractivity contribution in [2.45, 2.75) is 19.1 Å². The lowest BCUT2D eigenvalue weighted by molar-refractivity contribution is -0.142. The molecule has 34 heavy (non-hydrogen) atoms. The van der Waals surface area contributed by atoms with Crippen LogP contribution in [0.25, 0.3) is 21.6 Å². The summed E-state index contributed by atoms with van der Waals surface area (Å²) in [6.07, 6.45) is -2.26. The van der Waals surface area contributed by atoms with Crippen LogP contribution in [-0.2, 0) is 16.2 Å². The number of nitrogens with one attached hydrogen (secondary N) is 1. The predicted molar refractivity (Wildman–Crippen MR) is 133 cm³/mol. The summed E-state index contributed by atoms with van der Waals surface area (Å²) in [5.74, 6) is -1.39. The molecule has 4 aromatic rings. The first-order chi connectivity index (χ1) is 16.5. The van der Waals surface area contributed by atoms with Crippen LogP contribution in [0.3, 0.4) is 0 Å². The molecule has 4 rings (SSSR count). The van der Waals surface area contributed by atoms with Gasteiger partial charge >= 0.3 is 5.97 Å². The Kier molecular flexibility index (Phi) is 7.37. The van der Waals surface area contributed by atoms with E-state index in [2.05, 4.69) is 35.6 Å². The second-order valence-electron chi connectivity index (χ2n) is 7.60. The Hall–Kier alpha value is -3.94. The van der Waals surface area contributed by atoms with E-state index in [0.717, 1.165) is 21.6 Å². The van der Waals surface area contributed by atoms with Crippen molar-refractivity contribution in [1.29, 1.82) is 0 Å². The van der Waals surface area contributed by atoms with Crippen LogP contribution < -0.4 is 10.1 Å². The van der Waals surface area contributed by atoms with Gasteiger partial charge in [0.2, 0.25) is 0 Å². The van der Waals surface area contributed by atoms with Gasteiger partial charge in [0.05, 0.1) is 6.42 Å². The van der Waals surface area contributed by atoms with Gasteiger partial charge in [-0.15, -0.1) is 11.3 Å². The van der Waals surface area contributed by atoms with Crippen LogP contribution in [0.1, 0.15) is 11.3 Å². The zero-order valence-corrected chi connectivity index (χ0v) is 19.0. The number of hydrogen-bond acceptors (Lipinski definition) is 5. The molecule has 1 amide bonds. The second kappa shape index (κ2) is 10.8. The molecule has 0 aliphatic carbocycles. The first kappa shape index (κ1) is 23.2. The van der Waals surface area contributed by atoms with Crippen molar-refractivity contribution in [3.05, 3.63) is 95.9 Å². The van der Waals surface area contributed by atoms with Gasteiger partial charge in [0.25, 0.3) is 5.91 Å². The molecule has 0 radical (unpaired) electrons. The van der Waals surface area contributed by atoms with Gasteiger partial charge in [-0.25, -0.2) is 0 Å². The van der Waals surface area contributed by atoms with E-state index in [1.807, 2.05) is 36.4 Å². The smallest absolute Gasteiger partial charge is 0.306 e. The molecule has 172 valence electrons. The van der Waals surface area contributed by atoms with Crippen LogP contribution in [-0.4, -0.2) is 28.2 Å². The minimum Gasteiger partial charge on any atom is -0.488 e. The molecule has 0 fully saturated rings. The summed E-state index contributed by atoms with van der Waals surface area (Å²) in [5, 5.41) is 20.8. The quantitative estimate of drug-likeness (QED) is 0.301. The van der Waals surface area contributed by atoms with Gasteiger partial charge in [0.1, 0.15) is 18.5 Å². The maximum Gasteiger partial charge on any atom is 0.306 e. The highest BCUT2D eigenvalue weighted by Gasteiger charge is 2.18. The number of aliphatic hydroxyl groups excluding tert-OH is 1. The van der Waals surface area contributed by atoms with Crippen LogP contribution in [0, 0.1) is 0 Å². The van der Waals surface area contributed by atoms with E-state index in [-0.39, 0.29) is 0 Å². The number of aliphatic hydroxyl groups is 1. The monoisotopic (exact) mass is 473 g/mol. The molecule has 0 aliphatic rings. The fraction of sp³-hybridized carbons (Fsp3) is 0.111. The third kappa shape index (κ3) is 5.89. The van der Waals surface area contributed by atoms with Crippen molar-refractivity contribution in [3.63, 3.8) is 0 Å². The van der Waals surface area contributed by atoms with Gasteiger partial charge in [-0.05, 0) is 41.5 Å². The number of carbonyl (C=O) groups is 2. The summed E-state index contributed by atoms with van der Waals surface area (Å²) in [6.45, 7) is 0.389. The Bertz CT molecular complexity index is 1200. The molecular weight excluding hydrogens is 450 g/mol. The van der Waals surface area contributed by atoms with Crippen molar-refractivity contribution >= 4 is 28.9 Å². The Morgan fingerprint density at radius 1 is 0.882 bits per heavy atom.